The first-order chi connectivity index (χ1) is 40.5. The highest BCUT2D eigenvalue weighted by molar-refractivity contribution is 7.00. The fraction of sp³-hybridized carbons (Fsp3) is 0.415. The van der Waals surface area contributed by atoms with Crippen LogP contribution in [-0.2, 0) is 43.3 Å². The van der Waals surface area contributed by atoms with Gasteiger partial charge in [-0.15, -0.1) is 0 Å². The topological polar surface area (TPSA) is 22.9 Å². The molecule has 0 fully saturated rings. The Balaban J connectivity index is 1.18. The highest BCUT2D eigenvalue weighted by Gasteiger charge is 2.49. The van der Waals surface area contributed by atoms with Crippen LogP contribution in [0.4, 0.5) is 51.2 Å². The Kier molecular flexibility index (Phi) is 13.1. The third-order valence-electron chi connectivity index (χ3n) is 21.4. The van der Waals surface area contributed by atoms with E-state index < -0.39 is 0 Å². The summed E-state index contributed by atoms with van der Waals surface area (Å²) in [6.07, 6.45) is 4.62. The molecular weight excluding hydrogens is 1050 g/mol. The van der Waals surface area contributed by atoms with Crippen LogP contribution in [0.25, 0.3) is 21.9 Å². The number of rotatable bonds is 5. The second kappa shape index (κ2) is 19.3. The number of para-hydroxylation sites is 1. The first kappa shape index (κ1) is 59.0. The normalized spacial score (nSPS) is 17.4. The fourth-order valence-corrected chi connectivity index (χ4v) is 15.7. The predicted octanol–water partition coefficient (Wildman–Crippen LogP) is 21.6. The first-order valence-corrected chi connectivity index (χ1v) is 32.7. The van der Waals surface area contributed by atoms with E-state index in [1.165, 1.54) is 118 Å². The maximum Gasteiger partial charge on any atom is 0.252 e. The van der Waals surface area contributed by atoms with Gasteiger partial charge in [0.1, 0.15) is 11.2 Å². The molecule has 0 saturated carbocycles. The number of fused-ring (bicyclic) bond motifs is 9. The van der Waals surface area contributed by atoms with Gasteiger partial charge >= 0.3 is 0 Å². The Hall–Kier alpha value is -6.98. The van der Waals surface area contributed by atoms with Gasteiger partial charge in [-0.05, 0) is 222 Å². The summed E-state index contributed by atoms with van der Waals surface area (Å²) in [5.41, 5.74) is 29.9. The van der Waals surface area contributed by atoms with Crippen LogP contribution in [0.1, 0.15) is 220 Å². The summed E-state index contributed by atoms with van der Waals surface area (Å²) in [5, 5.41) is 2.30. The van der Waals surface area contributed by atoms with Gasteiger partial charge in [0.2, 0.25) is 0 Å². The molecule has 0 amide bonds. The van der Waals surface area contributed by atoms with Crippen molar-refractivity contribution in [2.24, 2.45) is 0 Å². The molecule has 0 spiro atoms. The van der Waals surface area contributed by atoms with Gasteiger partial charge in [-0.3, -0.25) is 0 Å². The van der Waals surface area contributed by atoms with E-state index in [0.717, 1.165) is 52.6 Å². The molecule has 448 valence electrons. The fourth-order valence-electron chi connectivity index (χ4n) is 15.7. The Morgan fingerprint density at radius 3 is 1.48 bits per heavy atom. The molecule has 0 atom stereocenters. The Morgan fingerprint density at radius 1 is 0.414 bits per heavy atom. The second-order valence-electron chi connectivity index (χ2n) is 33.8. The summed E-state index contributed by atoms with van der Waals surface area (Å²) in [6.45, 7) is 52.7. The molecule has 0 bridgehead atoms. The third kappa shape index (κ3) is 9.43. The lowest BCUT2D eigenvalue weighted by Crippen LogP contribution is -2.62. The summed E-state index contributed by atoms with van der Waals surface area (Å²) in [7, 11) is 0. The summed E-state index contributed by atoms with van der Waals surface area (Å²) in [4.78, 5) is 8.00. The standard InChI is InChI=1S/C82H96BN3O/c1-49-41-51(75(3,4)5)27-34-64(49)84(65-35-28-52(42-50(65)2)76(6,7)8)55-30-33-62-67(46-55)86(66-36-31-57-56-25-23-24-26-71(56)87-74(57)72(66)78(12,13)14)70-44-53(77(9,10)11)43-69-73(70)83(62)63-47-60-61(82(21,22)40-39-81(60,19)20)48-68(63)85(69)54-29-32-58-59(45-54)80(17,18)38-37-79(58,15)16/h23-36,41-48H,37-40H2,1-22H3. The van der Waals surface area contributed by atoms with Gasteiger partial charge in [0, 0.05) is 61.8 Å². The third-order valence-corrected chi connectivity index (χ3v) is 21.4. The quantitative estimate of drug-likeness (QED) is 0.160. The van der Waals surface area contributed by atoms with Crippen LogP contribution < -0.4 is 31.1 Å². The number of aryl methyl sites for hydroxylation is 2. The van der Waals surface area contributed by atoms with Crippen molar-refractivity contribution in [2.45, 2.75) is 221 Å². The molecule has 0 saturated heterocycles. The zero-order valence-corrected chi connectivity index (χ0v) is 56.9. The number of furan rings is 1. The molecule has 2 aliphatic heterocycles. The van der Waals surface area contributed by atoms with E-state index >= 15 is 0 Å². The average molecular weight is 1150 g/mol. The zero-order valence-electron chi connectivity index (χ0n) is 56.9. The zero-order chi connectivity index (χ0) is 62.4. The Labute approximate surface area is 522 Å². The Morgan fingerprint density at radius 2 is 0.931 bits per heavy atom. The van der Waals surface area contributed by atoms with Gasteiger partial charge in [-0.2, -0.15) is 0 Å². The molecule has 0 unspecified atom stereocenters. The van der Waals surface area contributed by atoms with Gasteiger partial charge in [-0.25, -0.2) is 0 Å². The van der Waals surface area contributed by atoms with Gasteiger partial charge < -0.3 is 19.1 Å². The van der Waals surface area contributed by atoms with Crippen molar-refractivity contribution in [3.8, 4) is 0 Å². The van der Waals surface area contributed by atoms with Gasteiger partial charge in [-0.1, -0.05) is 199 Å². The largest absolute Gasteiger partial charge is 0.456 e. The lowest BCUT2D eigenvalue weighted by Gasteiger charge is -2.48. The minimum absolute atomic E-state index is 0.00192. The molecule has 5 heteroatoms. The van der Waals surface area contributed by atoms with Crippen molar-refractivity contribution in [3.63, 3.8) is 0 Å². The van der Waals surface area contributed by atoms with Crippen LogP contribution in [0.3, 0.4) is 0 Å². The number of nitrogens with zero attached hydrogens (tertiary/aromatic N) is 3. The van der Waals surface area contributed by atoms with E-state index in [-0.39, 0.29) is 50.0 Å². The molecule has 2 aliphatic carbocycles. The summed E-state index contributed by atoms with van der Waals surface area (Å²) in [5.74, 6) is 0. The van der Waals surface area contributed by atoms with Crippen molar-refractivity contribution in [1.29, 1.82) is 0 Å². The lowest BCUT2D eigenvalue weighted by molar-refractivity contribution is 0.332. The van der Waals surface area contributed by atoms with E-state index in [1.807, 2.05) is 0 Å². The predicted molar refractivity (Wildman–Crippen MR) is 377 cm³/mol. The highest BCUT2D eigenvalue weighted by atomic mass is 16.3. The molecule has 9 aromatic rings. The van der Waals surface area contributed by atoms with E-state index in [4.69, 9.17) is 4.42 Å². The van der Waals surface area contributed by atoms with Crippen molar-refractivity contribution < 1.29 is 4.42 Å². The van der Waals surface area contributed by atoms with Crippen LogP contribution in [0.5, 0.6) is 0 Å². The molecule has 87 heavy (non-hydrogen) atoms. The van der Waals surface area contributed by atoms with Crippen LogP contribution in [0, 0.1) is 13.8 Å². The lowest BCUT2D eigenvalue weighted by atomic mass is 9.33. The van der Waals surface area contributed by atoms with Gasteiger partial charge in [0.15, 0.2) is 0 Å². The van der Waals surface area contributed by atoms with E-state index in [0.29, 0.717) is 0 Å². The van der Waals surface area contributed by atoms with Crippen LogP contribution in [-0.4, -0.2) is 6.71 Å². The van der Waals surface area contributed by atoms with Gasteiger partial charge in [0.25, 0.3) is 6.71 Å². The molecular formula is C82H96BN3O. The Bertz CT molecular complexity index is 4260. The molecule has 0 radical (unpaired) electrons. The smallest absolute Gasteiger partial charge is 0.252 e. The minimum atomic E-state index is -0.331. The monoisotopic (exact) mass is 1150 g/mol. The summed E-state index contributed by atoms with van der Waals surface area (Å²) < 4.78 is 7.19. The maximum atomic E-state index is 7.19. The van der Waals surface area contributed by atoms with Crippen LogP contribution in [0.2, 0.25) is 0 Å². The number of anilines is 9. The first-order valence-electron chi connectivity index (χ1n) is 32.7. The second-order valence-corrected chi connectivity index (χ2v) is 33.8. The molecule has 3 heterocycles. The average Bonchev–Trinajstić information content (AvgIpc) is 0.718. The number of hydrogen-bond acceptors (Lipinski definition) is 4. The van der Waals surface area contributed by atoms with Gasteiger partial charge in [0.05, 0.1) is 5.69 Å². The SMILES string of the molecule is Cc1cc(C(C)(C)C)ccc1N(c1ccc2c(c1)N(c1ccc3c(oc4ccccc43)c1C(C)(C)C)c1cc(C(C)(C)C)cc3c1B2c1cc2c(cc1N3c1ccc3c(c1)C(C)(C)CCC3(C)C)C(C)(C)CCC2(C)C)c1ccc(C(C)(C)C)cc1C. The molecule has 8 aromatic carbocycles. The molecule has 0 N–H and O–H groups in total. The summed E-state index contributed by atoms with van der Waals surface area (Å²) >= 11 is 0. The van der Waals surface area contributed by atoms with Crippen molar-refractivity contribution in [1.82, 2.24) is 0 Å². The van der Waals surface area contributed by atoms with E-state index in [9.17, 15) is 0 Å². The molecule has 13 rings (SSSR count). The van der Waals surface area contributed by atoms with Crippen molar-refractivity contribution >= 4 is 96.2 Å². The van der Waals surface area contributed by atoms with E-state index in [2.05, 4.69) is 300 Å². The molecule has 4 aliphatic rings. The number of benzene rings is 8. The number of hydrogen-bond donors (Lipinski definition) is 0. The van der Waals surface area contributed by atoms with E-state index in [1.54, 1.807) is 0 Å². The molecule has 4 nitrogen and oxygen atoms in total. The highest BCUT2D eigenvalue weighted by Crippen LogP contribution is 2.56. The molecule has 1 aromatic heterocycles. The summed E-state index contributed by atoms with van der Waals surface area (Å²) in [6, 6.07) is 53.4. The minimum Gasteiger partial charge on any atom is -0.456 e. The van der Waals surface area contributed by atoms with Crippen molar-refractivity contribution in [2.75, 3.05) is 14.7 Å². The maximum absolute atomic E-state index is 7.19. The van der Waals surface area contributed by atoms with Crippen LogP contribution in [0.15, 0.2) is 138 Å². The van der Waals surface area contributed by atoms with Crippen molar-refractivity contribution in [3.05, 3.63) is 189 Å². The van der Waals surface area contributed by atoms with Crippen LogP contribution >= 0.6 is 0 Å².